The van der Waals surface area contributed by atoms with Gasteiger partial charge in [0.05, 0.1) is 16.1 Å². The van der Waals surface area contributed by atoms with Crippen molar-refractivity contribution in [3.8, 4) is 0 Å². The highest BCUT2D eigenvalue weighted by molar-refractivity contribution is 7.92. The summed E-state index contributed by atoms with van der Waals surface area (Å²) < 4.78 is 34.1. The number of nitrogens with one attached hydrogen (secondary N) is 1. The Kier molecular flexibility index (Phi) is 3.96. The third kappa shape index (κ3) is 2.94. The molecule has 1 aromatic heterocycles. The number of hydrogen-bond acceptors (Lipinski definition) is 4. The van der Waals surface area contributed by atoms with Crippen LogP contribution in [0.25, 0.3) is 11.1 Å². The molecule has 2 aromatic carbocycles. The molecule has 0 saturated carbocycles. The van der Waals surface area contributed by atoms with Crippen LogP contribution in [0.5, 0.6) is 0 Å². The molecule has 3 aromatic rings. The lowest BCUT2D eigenvalue weighted by atomic mass is 10.2. The molecular weight excluding hydrogens is 328 g/mol. The molecule has 7 heteroatoms. The van der Waals surface area contributed by atoms with Crippen LogP contribution in [0, 0.1) is 6.92 Å². The maximum absolute atomic E-state index is 12.4. The molecule has 6 nitrogen and oxygen atoms in total. The van der Waals surface area contributed by atoms with Crippen LogP contribution in [0.1, 0.15) is 25.5 Å². The first-order valence-corrected chi connectivity index (χ1v) is 9.01. The van der Waals surface area contributed by atoms with Gasteiger partial charge in [0, 0.05) is 12.1 Å². The minimum atomic E-state index is -3.69. The van der Waals surface area contributed by atoms with Crippen LogP contribution < -0.4 is 10.5 Å². The Hall–Kier alpha value is -2.54. The van der Waals surface area contributed by atoms with Crippen molar-refractivity contribution in [1.29, 1.82) is 0 Å². The van der Waals surface area contributed by atoms with Gasteiger partial charge in [-0.3, -0.25) is 9.29 Å². The molecule has 0 aliphatic rings. The number of nitrogens with zero attached hydrogens (tertiary/aromatic N) is 1. The molecule has 0 radical (unpaired) electrons. The van der Waals surface area contributed by atoms with E-state index in [9.17, 15) is 13.2 Å². The second-order valence-corrected chi connectivity index (χ2v) is 7.62. The first-order valence-electron chi connectivity index (χ1n) is 7.52. The van der Waals surface area contributed by atoms with Crippen molar-refractivity contribution in [2.75, 3.05) is 4.72 Å². The summed E-state index contributed by atoms with van der Waals surface area (Å²) in [7, 11) is -3.69. The van der Waals surface area contributed by atoms with Crippen molar-refractivity contribution >= 4 is 26.8 Å². The molecule has 1 heterocycles. The fourth-order valence-corrected chi connectivity index (χ4v) is 3.57. The smallest absolute Gasteiger partial charge is 0.408 e. The number of sulfonamides is 1. The molecule has 0 atom stereocenters. The largest absolute Gasteiger partial charge is 0.420 e. The zero-order valence-corrected chi connectivity index (χ0v) is 14.4. The summed E-state index contributed by atoms with van der Waals surface area (Å²) in [6, 6.07) is 11.3. The van der Waals surface area contributed by atoms with E-state index >= 15 is 0 Å². The topological polar surface area (TPSA) is 81.3 Å². The van der Waals surface area contributed by atoms with Gasteiger partial charge in [0.2, 0.25) is 0 Å². The van der Waals surface area contributed by atoms with E-state index in [4.69, 9.17) is 4.42 Å². The highest BCUT2D eigenvalue weighted by Gasteiger charge is 2.16. The summed E-state index contributed by atoms with van der Waals surface area (Å²) >= 11 is 0. The third-order valence-corrected chi connectivity index (χ3v) is 5.11. The van der Waals surface area contributed by atoms with Gasteiger partial charge < -0.3 is 4.42 Å². The molecule has 0 saturated heterocycles. The van der Waals surface area contributed by atoms with E-state index < -0.39 is 15.8 Å². The average Bonchev–Trinajstić information content (AvgIpc) is 2.82. The van der Waals surface area contributed by atoms with Gasteiger partial charge in [-0.05, 0) is 45.0 Å². The van der Waals surface area contributed by atoms with Crippen LogP contribution in [0.3, 0.4) is 0 Å². The van der Waals surface area contributed by atoms with Gasteiger partial charge in [-0.25, -0.2) is 13.2 Å². The summed E-state index contributed by atoms with van der Waals surface area (Å²) in [6.45, 7) is 5.65. The predicted octanol–water partition coefficient (Wildman–Crippen LogP) is 3.28. The molecular formula is C17H18N2O4S. The molecule has 24 heavy (non-hydrogen) atoms. The lowest BCUT2D eigenvalue weighted by Gasteiger charge is -2.09. The fourth-order valence-electron chi connectivity index (χ4n) is 2.52. The predicted molar refractivity (Wildman–Crippen MR) is 92.8 cm³/mol. The Morgan fingerprint density at radius 3 is 2.38 bits per heavy atom. The molecule has 126 valence electrons. The Bertz CT molecular complexity index is 1040. The highest BCUT2D eigenvalue weighted by atomic mass is 32.2. The van der Waals surface area contributed by atoms with Crippen molar-refractivity contribution in [3.63, 3.8) is 0 Å². The second kappa shape index (κ2) is 5.83. The summed E-state index contributed by atoms with van der Waals surface area (Å²) in [5, 5.41) is 0. The van der Waals surface area contributed by atoms with Crippen LogP contribution in [-0.4, -0.2) is 13.0 Å². The van der Waals surface area contributed by atoms with E-state index in [-0.39, 0.29) is 10.9 Å². The SMILES string of the molecule is Cc1ccc(S(=O)(=O)Nc2ccc3c(c2)oc(=O)n3C(C)C)cc1. The second-order valence-electron chi connectivity index (χ2n) is 5.93. The van der Waals surface area contributed by atoms with E-state index in [0.29, 0.717) is 16.8 Å². The molecule has 0 aliphatic heterocycles. The number of hydrogen-bond donors (Lipinski definition) is 1. The molecule has 0 unspecified atom stereocenters. The number of aromatic nitrogens is 1. The monoisotopic (exact) mass is 346 g/mol. The lowest BCUT2D eigenvalue weighted by molar-refractivity contribution is 0.478. The van der Waals surface area contributed by atoms with E-state index in [0.717, 1.165) is 5.56 Å². The van der Waals surface area contributed by atoms with Gasteiger partial charge in [0.15, 0.2) is 5.58 Å². The van der Waals surface area contributed by atoms with Gasteiger partial charge in [-0.15, -0.1) is 0 Å². The molecule has 1 N–H and O–H groups in total. The third-order valence-electron chi connectivity index (χ3n) is 3.71. The summed E-state index contributed by atoms with van der Waals surface area (Å²) in [5.41, 5.74) is 2.30. The van der Waals surface area contributed by atoms with Gasteiger partial charge in [-0.1, -0.05) is 17.7 Å². The van der Waals surface area contributed by atoms with Crippen molar-refractivity contribution in [3.05, 3.63) is 58.6 Å². The van der Waals surface area contributed by atoms with E-state index in [1.54, 1.807) is 36.4 Å². The number of benzene rings is 2. The summed E-state index contributed by atoms with van der Waals surface area (Å²) in [6.07, 6.45) is 0. The van der Waals surface area contributed by atoms with Crippen LogP contribution in [0.4, 0.5) is 5.69 Å². The Morgan fingerprint density at radius 2 is 1.75 bits per heavy atom. The Labute approximate surface area is 139 Å². The van der Waals surface area contributed by atoms with E-state index in [1.807, 2.05) is 20.8 Å². The van der Waals surface area contributed by atoms with Crippen LogP contribution in [-0.2, 0) is 10.0 Å². The average molecular weight is 346 g/mol. The van der Waals surface area contributed by atoms with Crippen molar-refractivity contribution in [1.82, 2.24) is 4.57 Å². The maximum atomic E-state index is 12.4. The number of oxazole rings is 1. The molecule has 3 rings (SSSR count). The molecule has 0 spiro atoms. The number of rotatable bonds is 4. The number of anilines is 1. The van der Waals surface area contributed by atoms with Crippen molar-refractivity contribution < 1.29 is 12.8 Å². The lowest BCUT2D eigenvalue weighted by Crippen LogP contribution is -2.16. The van der Waals surface area contributed by atoms with E-state index in [1.165, 1.54) is 10.6 Å². The van der Waals surface area contributed by atoms with Gasteiger partial charge >= 0.3 is 5.76 Å². The fraction of sp³-hybridized carbons (Fsp3) is 0.235. The zero-order valence-electron chi connectivity index (χ0n) is 13.6. The van der Waals surface area contributed by atoms with Crippen LogP contribution >= 0.6 is 0 Å². The molecule has 0 amide bonds. The summed E-state index contributed by atoms with van der Waals surface area (Å²) in [5.74, 6) is -0.460. The van der Waals surface area contributed by atoms with Gasteiger partial charge in [0.25, 0.3) is 10.0 Å². The first-order chi connectivity index (χ1) is 11.3. The van der Waals surface area contributed by atoms with Gasteiger partial charge in [0.1, 0.15) is 0 Å². The maximum Gasteiger partial charge on any atom is 0.420 e. The summed E-state index contributed by atoms with van der Waals surface area (Å²) in [4.78, 5) is 12.1. The highest BCUT2D eigenvalue weighted by Crippen LogP contribution is 2.23. The standard InChI is InChI=1S/C17H18N2O4S/c1-11(2)19-15-9-6-13(10-16(15)23-17(19)20)18-24(21,22)14-7-4-12(3)5-8-14/h4-11,18H,1-3H3. The molecule has 0 bridgehead atoms. The molecule has 0 fully saturated rings. The quantitative estimate of drug-likeness (QED) is 0.786. The minimum absolute atomic E-state index is 0.0474. The van der Waals surface area contributed by atoms with E-state index in [2.05, 4.69) is 4.72 Å². The Balaban J connectivity index is 1.98. The zero-order chi connectivity index (χ0) is 17.5. The minimum Gasteiger partial charge on any atom is -0.408 e. The van der Waals surface area contributed by atoms with Gasteiger partial charge in [-0.2, -0.15) is 0 Å². The number of fused-ring (bicyclic) bond motifs is 1. The van der Waals surface area contributed by atoms with Crippen LogP contribution in [0.15, 0.2) is 56.6 Å². The Morgan fingerprint density at radius 1 is 1.08 bits per heavy atom. The first kappa shape index (κ1) is 16.3. The normalized spacial score (nSPS) is 12.0. The van der Waals surface area contributed by atoms with Crippen LogP contribution in [0.2, 0.25) is 0 Å². The van der Waals surface area contributed by atoms with Crippen molar-refractivity contribution in [2.24, 2.45) is 0 Å². The number of aryl methyl sites for hydroxylation is 1. The van der Waals surface area contributed by atoms with Crippen molar-refractivity contribution in [2.45, 2.75) is 31.7 Å². The molecule has 0 aliphatic carbocycles.